The minimum atomic E-state index is -0.141. The number of Topliss-reactive ketones (excluding diaryl/α,β-unsaturated/α-hetero) is 1. The Hall–Kier alpha value is -2.18. The molecule has 2 rings (SSSR count). The number of aryl methyl sites for hydroxylation is 1. The number of nitrogens with one attached hydrogen (secondary N) is 1. The lowest BCUT2D eigenvalue weighted by Crippen LogP contribution is -2.07. The lowest BCUT2D eigenvalue weighted by Gasteiger charge is -2.07. The van der Waals surface area contributed by atoms with Crippen LogP contribution in [-0.4, -0.2) is 40.8 Å². The first-order valence-corrected chi connectivity index (χ1v) is 7.21. The highest BCUT2D eigenvalue weighted by atomic mass is 16.5. The van der Waals surface area contributed by atoms with E-state index in [1.165, 1.54) is 6.34 Å². The van der Waals surface area contributed by atoms with Gasteiger partial charge in [0.05, 0.1) is 19.3 Å². The standard InChI is InChI=1S/C14H20N4O3/c1-2-21-12(20)6-4-3-5-7-18-10-17-13-11(19)8-15-9-16-14(13)18/h9-10H,2-8H2,1H3,(H,15,16). The number of anilines is 1. The first-order valence-electron chi connectivity index (χ1n) is 7.21. The zero-order valence-electron chi connectivity index (χ0n) is 12.2. The van der Waals surface area contributed by atoms with Crippen molar-refractivity contribution in [3.05, 3.63) is 12.0 Å². The summed E-state index contributed by atoms with van der Waals surface area (Å²) in [6.45, 7) is 3.12. The van der Waals surface area contributed by atoms with Crippen LogP contribution in [0.4, 0.5) is 5.82 Å². The van der Waals surface area contributed by atoms with Crippen LogP contribution < -0.4 is 5.32 Å². The lowest BCUT2D eigenvalue weighted by molar-refractivity contribution is -0.143. The van der Waals surface area contributed by atoms with E-state index in [4.69, 9.17) is 4.74 Å². The van der Waals surface area contributed by atoms with E-state index in [2.05, 4.69) is 15.3 Å². The fourth-order valence-electron chi connectivity index (χ4n) is 2.18. The van der Waals surface area contributed by atoms with E-state index in [0.717, 1.165) is 25.8 Å². The molecule has 1 aliphatic rings. The number of rotatable bonds is 7. The summed E-state index contributed by atoms with van der Waals surface area (Å²) in [6, 6.07) is 0. The summed E-state index contributed by atoms with van der Waals surface area (Å²) in [7, 11) is 0. The quantitative estimate of drug-likeness (QED) is 0.610. The van der Waals surface area contributed by atoms with Gasteiger partial charge in [0, 0.05) is 13.0 Å². The van der Waals surface area contributed by atoms with Gasteiger partial charge in [-0.2, -0.15) is 0 Å². The molecule has 7 heteroatoms. The van der Waals surface area contributed by atoms with Crippen LogP contribution in [0.5, 0.6) is 0 Å². The van der Waals surface area contributed by atoms with Gasteiger partial charge >= 0.3 is 5.97 Å². The van der Waals surface area contributed by atoms with Gasteiger partial charge in [-0.3, -0.25) is 14.6 Å². The first kappa shape index (κ1) is 15.2. The number of unbranched alkanes of at least 4 members (excludes halogenated alkanes) is 2. The second kappa shape index (κ2) is 7.56. The molecule has 0 fully saturated rings. The maximum atomic E-state index is 11.8. The van der Waals surface area contributed by atoms with Crippen LogP contribution in [0.25, 0.3) is 0 Å². The molecule has 114 valence electrons. The number of fused-ring (bicyclic) bond motifs is 1. The number of aliphatic imine (C=N–C) groups is 1. The number of ketones is 1. The van der Waals surface area contributed by atoms with E-state index in [9.17, 15) is 9.59 Å². The first-order chi connectivity index (χ1) is 10.2. The monoisotopic (exact) mass is 292 g/mol. The molecule has 7 nitrogen and oxygen atoms in total. The van der Waals surface area contributed by atoms with E-state index in [-0.39, 0.29) is 18.3 Å². The Morgan fingerprint density at radius 1 is 1.43 bits per heavy atom. The maximum absolute atomic E-state index is 11.8. The number of nitrogens with zero attached hydrogens (tertiary/aromatic N) is 3. The molecule has 1 aromatic heterocycles. The van der Waals surface area contributed by atoms with Gasteiger partial charge in [-0.05, 0) is 19.8 Å². The highest BCUT2D eigenvalue weighted by molar-refractivity contribution is 6.03. The van der Waals surface area contributed by atoms with Crippen molar-refractivity contribution in [3.63, 3.8) is 0 Å². The van der Waals surface area contributed by atoms with Crippen molar-refractivity contribution in [1.29, 1.82) is 0 Å². The number of imidazole rings is 1. The molecule has 0 aromatic carbocycles. The number of aromatic nitrogens is 2. The average molecular weight is 292 g/mol. The molecule has 0 radical (unpaired) electrons. The van der Waals surface area contributed by atoms with Crippen LogP contribution in [0, 0.1) is 0 Å². The minimum Gasteiger partial charge on any atom is -0.466 e. The zero-order valence-corrected chi connectivity index (χ0v) is 12.2. The Bertz CT molecular complexity index is 536. The van der Waals surface area contributed by atoms with Crippen LogP contribution in [0.15, 0.2) is 11.3 Å². The SMILES string of the molecule is CCOC(=O)CCCCCn1cnc2c1NC=NCC2=O. The lowest BCUT2D eigenvalue weighted by atomic mass is 10.2. The average Bonchev–Trinajstić information content (AvgIpc) is 2.77. The van der Waals surface area contributed by atoms with Crippen molar-refractivity contribution in [2.45, 2.75) is 39.2 Å². The fourth-order valence-corrected chi connectivity index (χ4v) is 2.18. The van der Waals surface area contributed by atoms with Crippen LogP contribution in [-0.2, 0) is 16.1 Å². The number of esters is 1. The summed E-state index contributed by atoms with van der Waals surface area (Å²) in [5.41, 5.74) is 0.444. The summed E-state index contributed by atoms with van der Waals surface area (Å²) < 4.78 is 6.79. The summed E-state index contributed by atoms with van der Waals surface area (Å²) in [4.78, 5) is 31.0. The second-order valence-electron chi connectivity index (χ2n) is 4.79. The van der Waals surface area contributed by atoms with Crippen molar-refractivity contribution >= 4 is 23.9 Å². The Balaban J connectivity index is 1.78. The third-order valence-electron chi connectivity index (χ3n) is 3.21. The molecule has 0 saturated heterocycles. The molecule has 1 aromatic rings. The van der Waals surface area contributed by atoms with Gasteiger partial charge in [-0.25, -0.2) is 4.98 Å². The molecule has 1 N–H and O–H groups in total. The summed E-state index contributed by atoms with van der Waals surface area (Å²) in [5, 5.41) is 2.99. The zero-order chi connectivity index (χ0) is 15.1. The van der Waals surface area contributed by atoms with Crippen molar-refractivity contribution < 1.29 is 14.3 Å². The number of ether oxygens (including phenoxy) is 1. The van der Waals surface area contributed by atoms with Crippen LogP contribution in [0.3, 0.4) is 0 Å². The minimum absolute atomic E-state index is 0.0766. The van der Waals surface area contributed by atoms with E-state index in [0.29, 0.717) is 24.5 Å². The van der Waals surface area contributed by atoms with Gasteiger partial charge in [-0.1, -0.05) is 6.42 Å². The number of carbonyl (C=O) groups is 2. The molecule has 0 bridgehead atoms. The van der Waals surface area contributed by atoms with Crippen molar-refractivity contribution in [1.82, 2.24) is 9.55 Å². The molecular weight excluding hydrogens is 272 g/mol. The molecule has 0 saturated carbocycles. The Morgan fingerprint density at radius 2 is 2.29 bits per heavy atom. The fraction of sp³-hybridized carbons (Fsp3) is 0.571. The summed E-state index contributed by atoms with van der Waals surface area (Å²) in [5.74, 6) is 0.483. The third-order valence-corrected chi connectivity index (χ3v) is 3.21. The Kier molecular flexibility index (Phi) is 5.48. The predicted octanol–water partition coefficient (Wildman–Crippen LogP) is 1.64. The van der Waals surface area contributed by atoms with Gasteiger partial charge in [0.2, 0.25) is 5.78 Å². The van der Waals surface area contributed by atoms with E-state index < -0.39 is 0 Å². The van der Waals surface area contributed by atoms with Gasteiger partial charge in [0.25, 0.3) is 0 Å². The molecule has 0 atom stereocenters. The highest BCUT2D eigenvalue weighted by Crippen LogP contribution is 2.17. The number of carbonyl (C=O) groups excluding carboxylic acids is 2. The molecule has 21 heavy (non-hydrogen) atoms. The largest absolute Gasteiger partial charge is 0.466 e. The van der Waals surface area contributed by atoms with Gasteiger partial charge in [0.15, 0.2) is 5.69 Å². The number of hydrogen-bond donors (Lipinski definition) is 1. The second-order valence-corrected chi connectivity index (χ2v) is 4.79. The van der Waals surface area contributed by atoms with Crippen molar-refractivity contribution in [2.75, 3.05) is 18.5 Å². The van der Waals surface area contributed by atoms with E-state index >= 15 is 0 Å². The van der Waals surface area contributed by atoms with Gasteiger partial charge in [-0.15, -0.1) is 0 Å². The van der Waals surface area contributed by atoms with Crippen molar-refractivity contribution in [2.24, 2.45) is 4.99 Å². The predicted molar refractivity (Wildman–Crippen MR) is 78.6 cm³/mol. The topological polar surface area (TPSA) is 85.6 Å². The van der Waals surface area contributed by atoms with Crippen molar-refractivity contribution in [3.8, 4) is 0 Å². The molecule has 2 heterocycles. The maximum Gasteiger partial charge on any atom is 0.305 e. The Labute approximate surface area is 123 Å². The molecule has 0 unspecified atom stereocenters. The van der Waals surface area contributed by atoms with Crippen LogP contribution in [0.1, 0.15) is 43.1 Å². The van der Waals surface area contributed by atoms with E-state index in [1.54, 1.807) is 13.3 Å². The molecule has 0 aliphatic carbocycles. The highest BCUT2D eigenvalue weighted by Gasteiger charge is 2.18. The molecule has 0 amide bonds. The number of hydrogen-bond acceptors (Lipinski definition) is 6. The van der Waals surface area contributed by atoms with Crippen LogP contribution in [0.2, 0.25) is 0 Å². The van der Waals surface area contributed by atoms with Gasteiger partial charge < -0.3 is 14.6 Å². The Morgan fingerprint density at radius 3 is 3.10 bits per heavy atom. The molecule has 1 aliphatic heterocycles. The molecular formula is C14H20N4O3. The van der Waals surface area contributed by atoms with E-state index in [1.807, 2.05) is 4.57 Å². The van der Waals surface area contributed by atoms with Crippen LogP contribution >= 0.6 is 0 Å². The molecule has 0 spiro atoms. The smallest absolute Gasteiger partial charge is 0.305 e. The summed E-state index contributed by atoms with van der Waals surface area (Å²) in [6.07, 6.45) is 6.30. The van der Waals surface area contributed by atoms with Gasteiger partial charge in [0.1, 0.15) is 12.4 Å². The third kappa shape index (κ3) is 4.14. The summed E-state index contributed by atoms with van der Waals surface area (Å²) >= 11 is 0. The normalized spacial score (nSPS) is 13.5.